The Labute approximate surface area is 177 Å². The summed E-state index contributed by atoms with van der Waals surface area (Å²) in [6, 6.07) is 12.4. The number of para-hydroxylation sites is 1. The van der Waals surface area contributed by atoms with Gasteiger partial charge >= 0.3 is 0 Å². The van der Waals surface area contributed by atoms with Crippen LogP contribution in [0.15, 0.2) is 59.7 Å². The van der Waals surface area contributed by atoms with E-state index in [1.54, 1.807) is 35.4 Å². The number of carbonyl (C=O) groups is 1. The van der Waals surface area contributed by atoms with E-state index in [1.165, 1.54) is 10.9 Å². The van der Waals surface area contributed by atoms with Crippen LogP contribution in [0.1, 0.15) is 10.4 Å². The molecule has 1 amide bonds. The molecular weight excluding hydrogens is 413 g/mol. The van der Waals surface area contributed by atoms with Gasteiger partial charge in [-0.15, -0.1) is 0 Å². The molecule has 0 N–H and O–H groups in total. The van der Waals surface area contributed by atoms with E-state index in [0.717, 1.165) is 0 Å². The average Bonchev–Trinajstić information content (AvgIpc) is 2.76. The number of amides is 1. The van der Waals surface area contributed by atoms with Crippen molar-refractivity contribution >= 4 is 34.8 Å². The third kappa shape index (κ3) is 3.97. The van der Waals surface area contributed by atoms with Crippen molar-refractivity contribution in [2.24, 2.45) is 0 Å². The largest absolute Gasteiger partial charge is 0.365 e. The maximum absolute atomic E-state index is 12.7. The van der Waals surface area contributed by atoms with Crippen molar-refractivity contribution < 1.29 is 4.79 Å². The minimum absolute atomic E-state index is 0.0995. The molecule has 4 rings (SSSR count). The highest BCUT2D eigenvalue weighted by Crippen LogP contribution is 2.23. The van der Waals surface area contributed by atoms with Gasteiger partial charge in [0.25, 0.3) is 11.5 Å². The second kappa shape index (κ2) is 8.23. The Morgan fingerprint density at radius 2 is 1.66 bits per heavy atom. The maximum Gasteiger partial charge on any atom is 0.292 e. The summed E-state index contributed by atoms with van der Waals surface area (Å²) in [5, 5.41) is 4.73. The highest BCUT2D eigenvalue weighted by atomic mass is 35.5. The molecule has 0 atom stereocenters. The normalized spacial score (nSPS) is 14.1. The highest BCUT2D eigenvalue weighted by molar-refractivity contribution is 6.33. The number of hydrogen-bond donors (Lipinski definition) is 0. The first-order valence-electron chi connectivity index (χ1n) is 9.03. The van der Waals surface area contributed by atoms with Gasteiger partial charge in [-0.2, -0.15) is 9.78 Å². The summed E-state index contributed by atoms with van der Waals surface area (Å²) in [7, 11) is 0. The molecule has 0 saturated carbocycles. The molecule has 1 saturated heterocycles. The first-order chi connectivity index (χ1) is 14.0. The SMILES string of the molecule is O=C(c1ccc(Cl)nc1)N1CCN(c2cnn(-c3ccccc3)c(=O)c2Cl)CC1. The van der Waals surface area contributed by atoms with Gasteiger partial charge in [0.15, 0.2) is 0 Å². The number of halogens is 2. The molecular formula is C20H17Cl2N5O2. The standard InChI is InChI=1S/C20H17Cl2N5O2/c21-17-7-6-14(12-23-17)19(28)26-10-8-25(9-11-26)16-13-24-27(20(29)18(16)22)15-4-2-1-3-5-15/h1-7,12-13H,8-11H2. The van der Waals surface area contributed by atoms with Crippen LogP contribution in [-0.2, 0) is 0 Å². The van der Waals surface area contributed by atoms with Crippen molar-refractivity contribution in [3.05, 3.63) is 81.0 Å². The third-order valence-electron chi connectivity index (χ3n) is 4.78. The molecule has 0 radical (unpaired) electrons. The monoisotopic (exact) mass is 429 g/mol. The lowest BCUT2D eigenvalue weighted by atomic mass is 10.2. The Balaban J connectivity index is 1.49. The predicted octanol–water partition coefficient (Wildman–Crippen LogP) is 2.90. The van der Waals surface area contributed by atoms with Crippen LogP contribution < -0.4 is 10.5 Å². The van der Waals surface area contributed by atoms with Crippen LogP contribution in [0, 0.1) is 0 Å². The van der Waals surface area contributed by atoms with Gasteiger partial charge in [0.2, 0.25) is 0 Å². The van der Waals surface area contributed by atoms with Gasteiger partial charge < -0.3 is 9.80 Å². The van der Waals surface area contributed by atoms with Crippen molar-refractivity contribution in [3.63, 3.8) is 0 Å². The van der Waals surface area contributed by atoms with E-state index < -0.39 is 0 Å². The summed E-state index contributed by atoms with van der Waals surface area (Å²) in [6.07, 6.45) is 3.07. The highest BCUT2D eigenvalue weighted by Gasteiger charge is 2.25. The van der Waals surface area contributed by atoms with Crippen molar-refractivity contribution in [1.29, 1.82) is 0 Å². The van der Waals surface area contributed by atoms with E-state index in [-0.39, 0.29) is 16.5 Å². The molecule has 0 unspecified atom stereocenters. The number of nitrogens with zero attached hydrogens (tertiary/aromatic N) is 5. The van der Waals surface area contributed by atoms with Gasteiger partial charge in [0.05, 0.1) is 23.1 Å². The summed E-state index contributed by atoms with van der Waals surface area (Å²) < 4.78 is 1.28. The molecule has 1 aromatic carbocycles. The molecule has 1 fully saturated rings. The van der Waals surface area contributed by atoms with E-state index in [0.29, 0.717) is 48.3 Å². The summed E-state index contributed by atoms with van der Waals surface area (Å²) in [5.74, 6) is -0.0995. The number of rotatable bonds is 3. The number of aromatic nitrogens is 3. The van der Waals surface area contributed by atoms with Crippen LogP contribution in [-0.4, -0.2) is 51.8 Å². The van der Waals surface area contributed by atoms with Gasteiger partial charge in [0, 0.05) is 32.4 Å². The fraction of sp³-hybridized carbons (Fsp3) is 0.200. The number of carbonyl (C=O) groups excluding carboxylic acids is 1. The number of hydrogen-bond acceptors (Lipinski definition) is 5. The van der Waals surface area contributed by atoms with E-state index in [2.05, 4.69) is 10.1 Å². The van der Waals surface area contributed by atoms with Crippen molar-refractivity contribution in [2.75, 3.05) is 31.1 Å². The zero-order valence-corrected chi connectivity index (χ0v) is 16.8. The lowest BCUT2D eigenvalue weighted by Crippen LogP contribution is -2.49. The molecule has 148 valence electrons. The number of benzene rings is 1. The van der Waals surface area contributed by atoms with E-state index >= 15 is 0 Å². The van der Waals surface area contributed by atoms with Crippen molar-refractivity contribution in [1.82, 2.24) is 19.7 Å². The van der Waals surface area contributed by atoms with Crippen LogP contribution in [0.25, 0.3) is 5.69 Å². The molecule has 29 heavy (non-hydrogen) atoms. The summed E-state index contributed by atoms with van der Waals surface area (Å²) >= 11 is 12.2. The van der Waals surface area contributed by atoms with Crippen LogP contribution in [0.3, 0.4) is 0 Å². The maximum atomic E-state index is 12.7. The predicted molar refractivity (Wildman–Crippen MR) is 112 cm³/mol. The molecule has 3 aromatic rings. The van der Waals surface area contributed by atoms with Crippen molar-refractivity contribution in [3.8, 4) is 5.69 Å². The fourth-order valence-corrected chi connectivity index (χ4v) is 3.59. The van der Waals surface area contributed by atoms with Gasteiger partial charge in [-0.25, -0.2) is 4.98 Å². The van der Waals surface area contributed by atoms with Crippen LogP contribution in [0.4, 0.5) is 5.69 Å². The second-order valence-electron chi connectivity index (χ2n) is 6.55. The molecule has 3 heterocycles. The van der Waals surface area contributed by atoms with Gasteiger partial charge in [-0.05, 0) is 24.3 Å². The molecule has 0 aliphatic carbocycles. The second-order valence-corrected chi connectivity index (χ2v) is 7.31. The van der Waals surface area contributed by atoms with Crippen LogP contribution >= 0.6 is 23.2 Å². The molecule has 7 nitrogen and oxygen atoms in total. The summed E-state index contributed by atoms with van der Waals surface area (Å²) in [5.41, 5.74) is 1.34. The summed E-state index contributed by atoms with van der Waals surface area (Å²) in [4.78, 5) is 33.0. The van der Waals surface area contributed by atoms with Crippen LogP contribution in [0.2, 0.25) is 10.2 Å². The molecule has 9 heteroatoms. The molecule has 1 aliphatic heterocycles. The Hall–Kier alpha value is -2.90. The quantitative estimate of drug-likeness (QED) is 0.598. The minimum Gasteiger partial charge on any atom is -0.365 e. The third-order valence-corrected chi connectivity index (χ3v) is 5.36. The average molecular weight is 430 g/mol. The topological polar surface area (TPSA) is 71.3 Å². The smallest absolute Gasteiger partial charge is 0.292 e. The molecule has 0 bridgehead atoms. The van der Waals surface area contributed by atoms with E-state index in [9.17, 15) is 9.59 Å². The van der Waals surface area contributed by atoms with E-state index in [1.807, 2.05) is 23.1 Å². The first-order valence-corrected chi connectivity index (χ1v) is 9.79. The zero-order chi connectivity index (χ0) is 20.4. The van der Waals surface area contributed by atoms with Gasteiger partial charge in [-0.1, -0.05) is 41.4 Å². The zero-order valence-electron chi connectivity index (χ0n) is 15.3. The fourth-order valence-electron chi connectivity index (χ4n) is 3.23. The van der Waals surface area contributed by atoms with Gasteiger partial charge in [-0.3, -0.25) is 9.59 Å². The van der Waals surface area contributed by atoms with E-state index in [4.69, 9.17) is 23.2 Å². The Bertz CT molecular complexity index is 1080. The lowest BCUT2D eigenvalue weighted by Gasteiger charge is -2.36. The summed E-state index contributed by atoms with van der Waals surface area (Å²) in [6.45, 7) is 2.09. The lowest BCUT2D eigenvalue weighted by molar-refractivity contribution is 0.0746. The first kappa shape index (κ1) is 19.4. The molecule has 2 aromatic heterocycles. The van der Waals surface area contributed by atoms with Crippen LogP contribution in [0.5, 0.6) is 0 Å². The van der Waals surface area contributed by atoms with Crippen molar-refractivity contribution in [2.45, 2.75) is 0 Å². The number of pyridine rings is 1. The molecule has 0 spiro atoms. The number of anilines is 1. The molecule has 1 aliphatic rings. The Morgan fingerprint density at radius 3 is 2.31 bits per heavy atom. The Kier molecular flexibility index (Phi) is 5.51. The minimum atomic E-state index is -0.374. The Morgan fingerprint density at radius 1 is 0.931 bits per heavy atom. The number of piperazine rings is 1. The van der Waals surface area contributed by atoms with Gasteiger partial charge in [0.1, 0.15) is 10.2 Å².